The number of amides is 2. The summed E-state index contributed by atoms with van der Waals surface area (Å²) < 4.78 is 0.966. The van der Waals surface area contributed by atoms with Gasteiger partial charge < -0.3 is 10.0 Å². The first kappa shape index (κ1) is 12.3. The maximum absolute atomic E-state index is 11.6. The molecule has 0 spiro atoms. The molecule has 7 heteroatoms. The highest BCUT2D eigenvalue weighted by atomic mass is 32.1. The Bertz CT molecular complexity index is 563. The summed E-state index contributed by atoms with van der Waals surface area (Å²) in [6.45, 7) is -0.350. The molecular weight excluding hydrogens is 254 g/mol. The van der Waals surface area contributed by atoms with Crippen molar-refractivity contribution in [3.05, 3.63) is 24.3 Å². The van der Waals surface area contributed by atoms with E-state index in [1.54, 1.807) is 0 Å². The predicted molar refractivity (Wildman–Crippen MR) is 68.9 cm³/mol. The third-order valence-corrected chi connectivity index (χ3v) is 3.18. The van der Waals surface area contributed by atoms with E-state index < -0.39 is 12.0 Å². The van der Waals surface area contributed by atoms with Crippen molar-refractivity contribution in [1.29, 1.82) is 0 Å². The third kappa shape index (κ3) is 2.75. The molecule has 0 fully saturated rings. The number of carboxylic acids is 1. The molecule has 0 saturated heterocycles. The second-order valence-corrected chi connectivity index (χ2v) is 4.70. The third-order valence-electron chi connectivity index (χ3n) is 2.23. The van der Waals surface area contributed by atoms with Crippen LogP contribution in [-0.2, 0) is 4.79 Å². The van der Waals surface area contributed by atoms with E-state index in [0.717, 1.165) is 15.1 Å². The zero-order valence-electron chi connectivity index (χ0n) is 9.58. The molecule has 94 valence electrons. The van der Waals surface area contributed by atoms with Gasteiger partial charge in [-0.05, 0) is 12.1 Å². The Morgan fingerprint density at radius 2 is 2.17 bits per heavy atom. The highest BCUT2D eigenvalue weighted by Gasteiger charge is 2.13. The van der Waals surface area contributed by atoms with Gasteiger partial charge in [0.05, 0.1) is 10.2 Å². The Balaban J connectivity index is 2.09. The quantitative estimate of drug-likeness (QED) is 0.887. The first-order valence-corrected chi connectivity index (χ1v) is 5.97. The summed E-state index contributed by atoms with van der Waals surface area (Å²) >= 11 is 1.34. The molecule has 0 unspecified atom stereocenters. The van der Waals surface area contributed by atoms with Crippen LogP contribution < -0.4 is 5.32 Å². The number of aromatic nitrogens is 1. The lowest BCUT2D eigenvalue weighted by molar-refractivity contribution is -0.137. The number of carboxylic acid groups (broad SMARTS) is 1. The summed E-state index contributed by atoms with van der Waals surface area (Å²) in [7, 11) is 1.41. The van der Waals surface area contributed by atoms with Gasteiger partial charge in [0.25, 0.3) is 0 Å². The molecule has 6 nitrogen and oxygen atoms in total. The number of thiazole rings is 1. The number of aliphatic carboxylic acids is 1. The van der Waals surface area contributed by atoms with E-state index in [4.69, 9.17) is 5.11 Å². The normalized spacial score (nSPS) is 10.3. The lowest BCUT2D eigenvalue weighted by atomic mass is 10.3. The van der Waals surface area contributed by atoms with Gasteiger partial charge in [-0.3, -0.25) is 10.1 Å². The van der Waals surface area contributed by atoms with Crippen LogP contribution in [0, 0.1) is 0 Å². The molecule has 0 aliphatic carbocycles. The molecule has 0 radical (unpaired) electrons. The Hall–Kier alpha value is -2.15. The number of nitrogens with one attached hydrogen (secondary N) is 1. The molecule has 2 N–H and O–H groups in total. The fourth-order valence-corrected chi connectivity index (χ4v) is 2.24. The van der Waals surface area contributed by atoms with E-state index in [-0.39, 0.29) is 6.54 Å². The highest BCUT2D eigenvalue weighted by Crippen LogP contribution is 2.25. The Morgan fingerprint density at radius 1 is 1.44 bits per heavy atom. The van der Waals surface area contributed by atoms with Crippen LogP contribution in [0.25, 0.3) is 10.2 Å². The van der Waals surface area contributed by atoms with Crippen LogP contribution >= 0.6 is 11.3 Å². The largest absolute Gasteiger partial charge is 0.480 e. The predicted octanol–water partition coefficient (Wildman–Crippen LogP) is 1.84. The van der Waals surface area contributed by atoms with Crippen molar-refractivity contribution in [2.24, 2.45) is 0 Å². The zero-order valence-corrected chi connectivity index (χ0v) is 10.4. The average Bonchev–Trinajstić information content (AvgIpc) is 2.69. The van der Waals surface area contributed by atoms with Gasteiger partial charge in [-0.2, -0.15) is 0 Å². The smallest absolute Gasteiger partial charge is 0.323 e. The van der Waals surface area contributed by atoms with Gasteiger partial charge in [0.2, 0.25) is 0 Å². The summed E-state index contributed by atoms with van der Waals surface area (Å²) in [6.07, 6.45) is 0. The van der Waals surface area contributed by atoms with Crippen LogP contribution in [0.15, 0.2) is 24.3 Å². The number of benzene rings is 1. The van der Waals surface area contributed by atoms with Crippen LogP contribution in [0.3, 0.4) is 0 Å². The van der Waals surface area contributed by atoms with Crippen molar-refractivity contribution >= 4 is 38.7 Å². The molecular formula is C11H11N3O3S. The minimum absolute atomic E-state index is 0.350. The van der Waals surface area contributed by atoms with E-state index in [1.165, 1.54) is 18.4 Å². The number of hydrogen-bond donors (Lipinski definition) is 2. The summed E-state index contributed by atoms with van der Waals surface area (Å²) in [4.78, 5) is 27.4. The van der Waals surface area contributed by atoms with Crippen molar-refractivity contribution < 1.29 is 14.7 Å². The molecule has 0 saturated carbocycles. The van der Waals surface area contributed by atoms with Gasteiger partial charge in [0.15, 0.2) is 5.13 Å². The molecule has 1 aromatic heterocycles. The molecule has 2 aromatic rings. The minimum Gasteiger partial charge on any atom is -0.480 e. The standard InChI is InChI=1S/C11H11N3O3S/c1-14(6-9(15)16)11(17)13-10-12-7-4-2-3-5-8(7)18-10/h2-5H,6H2,1H3,(H,15,16)(H,12,13,17). The molecule has 18 heavy (non-hydrogen) atoms. The number of likely N-dealkylation sites (N-methyl/N-ethyl adjacent to an activating group) is 1. The molecule has 0 bridgehead atoms. The first-order valence-electron chi connectivity index (χ1n) is 5.16. The summed E-state index contributed by atoms with van der Waals surface area (Å²) in [5.74, 6) is -1.06. The maximum Gasteiger partial charge on any atom is 0.323 e. The fraction of sp³-hybridized carbons (Fsp3) is 0.182. The number of fused-ring (bicyclic) bond motifs is 1. The van der Waals surface area contributed by atoms with Crippen LogP contribution in [0.5, 0.6) is 0 Å². The SMILES string of the molecule is CN(CC(=O)O)C(=O)Nc1nc2ccccc2s1. The Kier molecular flexibility index (Phi) is 3.42. The number of carbonyl (C=O) groups excluding carboxylic acids is 1. The topological polar surface area (TPSA) is 82.5 Å². The van der Waals surface area contributed by atoms with E-state index in [2.05, 4.69) is 10.3 Å². The minimum atomic E-state index is -1.06. The fourth-order valence-electron chi connectivity index (χ4n) is 1.39. The molecule has 1 heterocycles. The zero-order chi connectivity index (χ0) is 13.1. The Labute approximate surface area is 107 Å². The lowest BCUT2D eigenvalue weighted by Crippen LogP contribution is -2.35. The van der Waals surface area contributed by atoms with Crippen LogP contribution in [0.1, 0.15) is 0 Å². The molecule has 2 rings (SSSR count). The highest BCUT2D eigenvalue weighted by molar-refractivity contribution is 7.22. The van der Waals surface area contributed by atoms with Crippen molar-refractivity contribution in [2.45, 2.75) is 0 Å². The lowest BCUT2D eigenvalue weighted by Gasteiger charge is -2.13. The van der Waals surface area contributed by atoms with E-state index in [1.807, 2.05) is 24.3 Å². The number of carbonyl (C=O) groups is 2. The van der Waals surface area contributed by atoms with E-state index in [9.17, 15) is 9.59 Å². The second kappa shape index (κ2) is 5.01. The number of hydrogen-bond acceptors (Lipinski definition) is 4. The molecule has 2 amide bonds. The van der Waals surface area contributed by atoms with Gasteiger partial charge in [-0.15, -0.1) is 0 Å². The van der Waals surface area contributed by atoms with Crippen LogP contribution in [-0.4, -0.2) is 40.6 Å². The number of rotatable bonds is 3. The number of para-hydroxylation sites is 1. The van der Waals surface area contributed by atoms with Gasteiger partial charge in [-0.1, -0.05) is 23.5 Å². The van der Waals surface area contributed by atoms with Crippen molar-refractivity contribution in [1.82, 2.24) is 9.88 Å². The summed E-state index contributed by atoms with van der Waals surface area (Å²) in [5, 5.41) is 11.6. The van der Waals surface area contributed by atoms with Crippen molar-refractivity contribution in [2.75, 3.05) is 18.9 Å². The van der Waals surface area contributed by atoms with Gasteiger partial charge in [0.1, 0.15) is 6.54 Å². The first-order chi connectivity index (χ1) is 8.56. The monoisotopic (exact) mass is 265 g/mol. The average molecular weight is 265 g/mol. The number of anilines is 1. The molecule has 0 aliphatic heterocycles. The molecule has 1 aromatic carbocycles. The van der Waals surface area contributed by atoms with E-state index >= 15 is 0 Å². The van der Waals surface area contributed by atoms with Gasteiger partial charge in [0, 0.05) is 7.05 Å². The Morgan fingerprint density at radius 3 is 2.83 bits per heavy atom. The van der Waals surface area contributed by atoms with Crippen LogP contribution in [0.2, 0.25) is 0 Å². The molecule has 0 aliphatic rings. The van der Waals surface area contributed by atoms with Crippen LogP contribution in [0.4, 0.5) is 9.93 Å². The maximum atomic E-state index is 11.6. The van der Waals surface area contributed by atoms with Crippen molar-refractivity contribution in [3.63, 3.8) is 0 Å². The van der Waals surface area contributed by atoms with Crippen molar-refractivity contribution in [3.8, 4) is 0 Å². The second-order valence-electron chi connectivity index (χ2n) is 3.67. The number of nitrogens with zero attached hydrogens (tertiary/aromatic N) is 2. The van der Waals surface area contributed by atoms with Gasteiger partial charge >= 0.3 is 12.0 Å². The summed E-state index contributed by atoms with van der Waals surface area (Å²) in [6, 6.07) is 7.02. The number of urea groups is 1. The molecule has 0 atom stereocenters. The summed E-state index contributed by atoms with van der Waals surface area (Å²) in [5.41, 5.74) is 0.804. The van der Waals surface area contributed by atoms with Gasteiger partial charge in [-0.25, -0.2) is 9.78 Å². The van der Waals surface area contributed by atoms with E-state index in [0.29, 0.717) is 5.13 Å².